The van der Waals surface area contributed by atoms with Crippen LogP contribution in [0.4, 0.5) is 51.2 Å². The summed E-state index contributed by atoms with van der Waals surface area (Å²) in [6.07, 6.45) is 4.50. The van der Waals surface area contributed by atoms with Gasteiger partial charge in [0.1, 0.15) is 0 Å². The molecule has 0 radical (unpaired) electrons. The highest BCUT2D eigenvalue weighted by atomic mass is 15.2. The smallest absolute Gasteiger partial charge is 0.0779 e. The molecule has 5 nitrogen and oxygen atoms in total. The van der Waals surface area contributed by atoms with Crippen molar-refractivity contribution < 1.29 is 0 Å². The fourth-order valence-electron chi connectivity index (χ4n) is 9.37. The largest absolute Gasteiger partial charge is 0.310 e. The quantitative estimate of drug-likeness (QED) is 0.162. The van der Waals surface area contributed by atoms with Crippen molar-refractivity contribution in [3.05, 3.63) is 258 Å². The lowest BCUT2D eigenvalue weighted by atomic mass is 9.59. The van der Waals surface area contributed by atoms with Crippen molar-refractivity contribution in [2.45, 2.75) is 11.8 Å². The Morgan fingerprint density at radius 1 is 0.356 bits per heavy atom. The third-order valence-electron chi connectivity index (χ3n) is 11.8. The van der Waals surface area contributed by atoms with Crippen LogP contribution in [-0.4, -0.2) is 9.97 Å². The van der Waals surface area contributed by atoms with E-state index in [9.17, 15) is 0 Å². The van der Waals surface area contributed by atoms with Gasteiger partial charge in [-0.25, -0.2) is 0 Å². The third kappa shape index (κ3) is 5.62. The molecule has 0 bridgehead atoms. The first-order valence-electron chi connectivity index (χ1n) is 20.1. The third-order valence-corrected chi connectivity index (χ3v) is 11.8. The molecule has 5 heteroatoms. The summed E-state index contributed by atoms with van der Waals surface area (Å²) in [6.45, 7) is 0. The topological polar surface area (TPSA) is 35.5 Å². The summed E-state index contributed by atoms with van der Waals surface area (Å²) in [4.78, 5) is 17.4. The molecule has 1 aliphatic heterocycles. The number of fused-ring (bicyclic) bond motifs is 8. The van der Waals surface area contributed by atoms with Crippen LogP contribution < -0.4 is 14.7 Å². The summed E-state index contributed by atoms with van der Waals surface area (Å²) >= 11 is 0. The number of hydrogen-bond acceptors (Lipinski definition) is 5. The molecule has 0 amide bonds. The van der Waals surface area contributed by atoms with E-state index in [2.05, 4.69) is 227 Å². The van der Waals surface area contributed by atoms with Gasteiger partial charge in [-0.15, -0.1) is 0 Å². The molecule has 280 valence electrons. The highest BCUT2D eigenvalue weighted by Crippen LogP contribution is 2.61. The molecule has 0 saturated carbocycles. The zero-order valence-corrected chi connectivity index (χ0v) is 32.3. The highest BCUT2D eigenvalue weighted by molar-refractivity contribution is 5.94. The van der Waals surface area contributed by atoms with Crippen LogP contribution in [0.1, 0.15) is 33.6 Å². The molecule has 59 heavy (non-hydrogen) atoms. The Labute approximate surface area is 344 Å². The molecule has 2 aliphatic rings. The fraction of sp³-hybridized carbons (Fsp3) is 0.0370. The second kappa shape index (κ2) is 14.3. The number of nitrogens with zero attached hydrogens (tertiary/aromatic N) is 5. The molecule has 2 aromatic heterocycles. The van der Waals surface area contributed by atoms with Crippen molar-refractivity contribution in [2.24, 2.45) is 0 Å². The van der Waals surface area contributed by atoms with E-state index in [1.165, 1.54) is 11.1 Å². The van der Waals surface area contributed by atoms with E-state index in [-0.39, 0.29) is 0 Å². The lowest BCUT2D eigenvalue weighted by Crippen LogP contribution is -2.42. The second-order valence-corrected chi connectivity index (χ2v) is 15.0. The molecule has 1 aliphatic carbocycles. The summed E-state index contributed by atoms with van der Waals surface area (Å²) in [5.41, 5.74) is 15.7. The molecule has 7 aromatic carbocycles. The van der Waals surface area contributed by atoms with Crippen molar-refractivity contribution in [2.75, 3.05) is 14.7 Å². The Kier molecular flexibility index (Phi) is 8.37. The zero-order chi connectivity index (χ0) is 39.2. The Bertz CT molecular complexity index is 2660. The van der Waals surface area contributed by atoms with Crippen LogP contribution in [0.5, 0.6) is 0 Å². The molecule has 0 saturated heterocycles. The minimum atomic E-state index is -0.786. The maximum Gasteiger partial charge on any atom is 0.0779 e. The van der Waals surface area contributed by atoms with Gasteiger partial charge in [0.25, 0.3) is 0 Å². The normalized spacial score (nSPS) is 13.1. The number of para-hydroxylation sites is 5. The predicted octanol–water partition coefficient (Wildman–Crippen LogP) is 13.5. The fourth-order valence-corrected chi connectivity index (χ4v) is 9.37. The number of rotatable bonds is 7. The van der Waals surface area contributed by atoms with Gasteiger partial charge < -0.3 is 14.7 Å². The van der Waals surface area contributed by atoms with E-state index < -0.39 is 5.41 Å². The van der Waals surface area contributed by atoms with Crippen LogP contribution in [0.3, 0.4) is 0 Å². The Morgan fingerprint density at radius 3 is 1.12 bits per heavy atom. The Balaban J connectivity index is 1.27. The first-order chi connectivity index (χ1) is 29.3. The summed E-state index contributed by atoms with van der Waals surface area (Å²) in [5.74, 6) is 0. The Hall–Kier alpha value is -7.76. The number of aromatic nitrogens is 2. The standard InChI is InChI=1S/C54H39N5/c1-6-18-39(19-7-1)57(40-20-8-2-9-21-40)44-30-32-52-48(36-44)54(46-28-16-34-55-50(46)38-51-47(54)29-17-35-56-51)49-37-45(31-33-53(49)59(52)43-26-14-5-15-27-43)58(41-22-10-3-11-23-41)42-24-12-4-13-25-42/h1-37H,38H2. The Morgan fingerprint density at radius 2 is 0.729 bits per heavy atom. The average Bonchev–Trinajstić information content (AvgIpc) is 3.31. The van der Waals surface area contributed by atoms with Crippen molar-refractivity contribution in [3.8, 4) is 0 Å². The summed E-state index contributed by atoms with van der Waals surface area (Å²) < 4.78 is 0. The molecule has 1 spiro atoms. The molecule has 3 heterocycles. The molecule has 11 rings (SSSR count). The first kappa shape index (κ1) is 34.5. The zero-order valence-electron chi connectivity index (χ0n) is 32.3. The number of pyridine rings is 2. The van der Waals surface area contributed by atoms with Gasteiger partial charge in [-0.3, -0.25) is 9.97 Å². The van der Waals surface area contributed by atoms with Gasteiger partial charge in [0.15, 0.2) is 0 Å². The lowest BCUT2D eigenvalue weighted by Gasteiger charge is -2.49. The van der Waals surface area contributed by atoms with Crippen molar-refractivity contribution in [1.82, 2.24) is 9.97 Å². The van der Waals surface area contributed by atoms with E-state index >= 15 is 0 Å². The number of hydrogen-bond donors (Lipinski definition) is 0. The van der Waals surface area contributed by atoms with Gasteiger partial charge >= 0.3 is 0 Å². The van der Waals surface area contributed by atoms with Gasteiger partial charge in [0.05, 0.1) is 28.2 Å². The molecule has 0 N–H and O–H groups in total. The van der Waals surface area contributed by atoms with Crippen molar-refractivity contribution >= 4 is 51.2 Å². The van der Waals surface area contributed by atoms with E-state index in [4.69, 9.17) is 9.97 Å². The van der Waals surface area contributed by atoms with Gasteiger partial charge in [-0.2, -0.15) is 0 Å². The lowest BCUT2D eigenvalue weighted by molar-refractivity contribution is 0.671. The minimum absolute atomic E-state index is 0.654. The monoisotopic (exact) mass is 757 g/mol. The SMILES string of the molecule is c1ccc(N(c2ccccc2)c2ccc3c(c2)C2(c4cc(N(c5ccccc5)c5ccccc5)ccc4N3c3ccccc3)c3cccnc3Cc3ncccc32)cc1. The maximum absolute atomic E-state index is 5.12. The highest BCUT2D eigenvalue weighted by Gasteiger charge is 2.51. The second-order valence-electron chi connectivity index (χ2n) is 15.0. The van der Waals surface area contributed by atoms with Gasteiger partial charge in [0.2, 0.25) is 0 Å². The van der Waals surface area contributed by atoms with E-state index in [0.717, 1.165) is 73.7 Å². The van der Waals surface area contributed by atoms with Crippen molar-refractivity contribution in [3.63, 3.8) is 0 Å². The molecule has 0 atom stereocenters. The predicted molar refractivity (Wildman–Crippen MR) is 241 cm³/mol. The first-order valence-corrected chi connectivity index (χ1v) is 20.1. The van der Waals surface area contributed by atoms with Crippen LogP contribution in [0.2, 0.25) is 0 Å². The van der Waals surface area contributed by atoms with E-state index in [1.807, 2.05) is 12.4 Å². The molecule has 0 unspecified atom stereocenters. The van der Waals surface area contributed by atoms with Crippen LogP contribution in [0, 0.1) is 0 Å². The number of anilines is 9. The molecule has 9 aromatic rings. The van der Waals surface area contributed by atoms with Crippen LogP contribution in [0.15, 0.2) is 225 Å². The minimum Gasteiger partial charge on any atom is -0.310 e. The van der Waals surface area contributed by atoms with Gasteiger partial charge in [0, 0.05) is 58.6 Å². The van der Waals surface area contributed by atoms with Gasteiger partial charge in [-0.1, -0.05) is 103 Å². The summed E-state index contributed by atoms with van der Waals surface area (Å²) in [5, 5.41) is 0. The van der Waals surface area contributed by atoms with Crippen LogP contribution in [0.25, 0.3) is 0 Å². The van der Waals surface area contributed by atoms with E-state index in [0.29, 0.717) is 6.42 Å². The molecule has 0 fully saturated rings. The van der Waals surface area contributed by atoms with Crippen molar-refractivity contribution in [1.29, 1.82) is 0 Å². The summed E-state index contributed by atoms with van der Waals surface area (Å²) in [6, 6.07) is 76.2. The molecular weight excluding hydrogens is 719 g/mol. The maximum atomic E-state index is 5.12. The number of benzene rings is 7. The van der Waals surface area contributed by atoms with Crippen LogP contribution >= 0.6 is 0 Å². The molecular formula is C54H39N5. The van der Waals surface area contributed by atoms with Gasteiger partial charge in [-0.05, 0) is 131 Å². The summed E-state index contributed by atoms with van der Waals surface area (Å²) in [7, 11) is 0. The van der Waals surface area contributed by atoms with Crippen LogP contribution in [-0.2, 0) is 11.8 Å². The average molecular weight is 758 g/mol. The van der Waals surface area contributed by atoms with E-state index in [1.54, 1.807) is 0 Å².